The van der Waals surface area contributed by atoms with Crippen LogP contribution in [0.25, 0.3) is 11.2 Å². The van der Waals surface area contributed by atoms with E-state index < -0.39 is 60.4 Å². The third-order valence-electron chi connectivity index (χ3n) is 6.28. The summed E-state index contributed by atoms with van der Waals surface area (Å²) in [4.78, 5) is 35.7. The molecule has 0 fully saturated rings. The summed E-state index contributed by atoms with van der Waals surface area (Å²) in [7, 11) is 1.19. The number of nitrogens with zero attached hydrogens (tertiary/aromatic N) is 5. The van der Waals surface area contributed by atoms with Crippen LogP contribution in [-0.2, 0) is 16.1 Å². The van der Waals surface area contributed by atoms with Gasteiger partial charge < -0.3 is 46.3 Å². The zero-order chi connectivity index (χ0) is 32.2. The van der Waals surface area contributed by atoms with Gasteiger partial charge in [0.1, 0.15) is 23.8 Å². The summed E-state index contributed by atoms with van der Waals surface area (Å²) in [6.07, 6.45) is -6.18. The van der Waals surface area contributed by atoms with Crippen LogP contribution in [0, 0.1) is 11.6 Å². The number of nitrogen functional groups attached to an aromatic ring is 1. The second-order valence-electron chi connectivity index (χ2n) is 9.03. The van der Waals surface area contributed by atoms with E-state index >= 15 is 0 Å². The van der Waals surface area contributed by atoms with Gasteiger partial charge in [-0.2, -0.15) is 0 Å². The van der Waals surface area contributed by atoms with Crippen LogP contribution < -0.4 is 16.2 Å². The first-order valence-electron chi connectivity index (χ1n) is 11.9. The van der Waals surface area contributed by atoms with Crippen molar-refractivity contribution in [3.63, 3.8) is 0 Å². The lowest BCUT2D eigenvalue weighted by molar-refractivity contribution is -0.165. The van der Waals surface area contributed by atoms with Crippen molar-refractivity contribution in [2.24, 2.45) is 10.7 Å². The van der Waals surface area contributed by atoms with E-state index in [0.29, 0.717) is 5.65 Å². The number of aliphatic carboxylic acids is 2. The van der Waals surface area contributed by atoms with Crippen molar-refractivity contribution >= 4 is 34.6 Å². The Morgan fingerprint density at radius 2 is 1.70 bits per heavy atom. The molecule has 0 bridgehead atoms. The number of rotatable bonds is 9. The molecule has 1 aromatic carbocycles. The Hall–Kier alpha value is -4.72. The number of aliphatic imine (C=N–C) groups is 1. The second-order valence-corrected chi connectivity index (χ2v) is 9.03. The number of anilines is 1. The van der Waals surface area contributed by atoms with E-state index in [0.717, 1.165) is 12.1 Å². The molecular formula is C24H25F4N7O8. The smallest absolute Gasteiger partial charge is 0.335 e. The number of aromatic nitrogens is 4. The molecule has 19 heteroatoms. The molecular weight excluding hydrogens is 590 g/mol. The number of hydrogen-bond acceptors (Lipinski definition) is 12. The molecule has 1 unspecified atom stereocenters. The number of allylic oxidation sites excluding steroid dienone is 1. The summed E-state index contributed by atoms with van der Waals surface area (Å²) in [6, 6.07) is 1.73. The Kier molecular flexibility index (Phi) is 9.96. The number of nitrogens with two attached hydrogens (primary N) is 2. The first kappa shape index (κ1) is 32.8. The number of imidazole rings is 1. The maximum absolute atomic E-state index is 14.6. The van der Waals surface area contributed by atoms with Crippen LogP contribution in [0.15, 0.2) is 41.4 Å². The van der Waals surface area contributed by atoms with Gasteiger partial charge in [-0.05, 0) is 17.7 Å². The molecule has 3 aromatic rings. The van der Waals surface area contributed by atoms with Crippen LogP contribution in [0.4, 0.5) is 23.4 Å². The number of carbonyl (C=O) groups is 2. The molecule has 0 spiro atoms. The molecule has 2 aromatic heterocycles. The predicted molar refractivity (Wildman–Crippen MR) is 138 cm³/mol. The summed E-state index contributed by atoms with van der Waals surface area (Å²) in [5, 5.41) is 42.7. The highest BCUT2D eigenvalue weighted by Crippen LogP contribution is 2.31. The predicted octanol–water partition coefficient (Wildman–Crippen LogP) is -0.674. The zero-order valence-corrected chi connectivity index (χ0v) is 22.0. The van der Waals surface area contributed by atoms with Gasteiger partial charge in [0.25, 0.3) is 6.43 Å². The number of carboxylic acids is 2. The molecule has 232 valence electrons. The van der Waals surface area contributed by atoms with Gasteiger partial charge in [-0.1, -0.05) is 0 Å². The zero-order valence-electron chi connectivity index (χ0n) is 22.0. The van der Waals surface area contributed by atoms with Crippen LogP contribution >= 0.6 is 0 Å². The van der Waals surface area contributed by atoms with E-state index in [1.54, 1.807) is 0 Å². The minimum absolute atomic E-state index is 0.0369. The molecule has 1 aliphatic heterocycles. The van der Waals surface area contributed by atoms with Crippen molar-refractivity contribution in [1.29, 1.82) is 0 Å². The number of halogens is 4. The maximum atomic E-state index is 14.6. The lowest BCUT2D eigenvalue weighted by Crippen LogP contribution is -2.59. The van der Waals surface area contributed by atoms with Crippen molar-refractivity contribution in [2.45, 2.75) is 36.8 Å². The summed E-state index contributed by atoms with van der Waals surface area (Å²) in [5.74, 6) is -5.40. The van der Waals surface area contributed by atoms with Crippen molar-refractivity contribution in [1.82, 2.24) is 19.5 Å². The molecule has 0 amide bonds. The largest absolute Gasteiger partial charge is 0.494 e. The van der Waals surface area contributed by atoms with E-state index in [9.17, 15) is 32.3 Å². The van der Waals surface area contributed by atoms with E-state index in [4.69, 9.17) is 36.6 Å². The number of alkyl halides is 2. The molecule has 43 heavy (non-hydrogen) atoms. The summed E-state index contributed by atoms with van der Waals surface area (Å²) < 4.78 is 62.0. The SMILES string of the molecule is COc1cc(F)c(C2=NCC(N)([C@@H](O)C(F)F)C(Cn3cnc4c(N)ncnc43)=C2)cc1F.O=C(O)[C@@H](O)[C@H](O)C(=O)O. The van der Waals surface area contributed by atoms with Crippen LogP contribution in [-0.4, -0.2) is 107 Å². The lowest BCUT2D eigenvalue weighted by Gasteiger charge is -2.37. The van der Waals surface area contributed by atoms with E-state index in [-0.39, 0.29) is 40.5 Å². The molecule has 0 saturated carbocycles. The molecule has 0 saturated heterocycles. The van der Waals surface area contributed by atoms with Gasteiger partial charge in [0.2, 0.25) is 0 Å². The van der Waals surface area contributed by atoms with Gasteiger partial charge >= 0.3 is 11.9 Å². The number of aliphatic hydroxyl groups excluding tert-OH is 3. The van der Waals surface area contributed by atoms with Gasteiger partial charge in [0, 0.05) is 18.2 Å². The molecule has 0 radical (unpaired) electrons. The van der Waals surface area contributed by atoms with Gasteiger partial charge in [-0.25, -0.2) is 42.1 Å². The number of ether oxygens (including phenoxy) is 1. The number of carboxylic acid groups (broad SMARTS) is 2. The molecule has 4 rings (SSSR count). The fraction of sp³-hybridized carbons (Fsp3) is 0.333. The number of methoxy groups -OCH3 is 1. The summed E-state index contributed by atoms with van der Waals surface area (Å²) in [6.45, 7) is -0.664. The average Bonchev–Trinajstić information content (AvgIpc) is 3.38. The van der Waals surface area contributed by atoms with E-state index in [1.165, 1.54) is 30.4 Å². The number of benzene rings is 1. The van der Waals surface area contributed by atoms with E-state index in [1.807, 2.05) is 0 Å². The summed E-state index contributed by atoms with van der Waals surface area (Å²) in [5.41, 5.74) is 10.4. The van der Waals surface area contributed by atoms with Crippen LogP contribution in [0.3, 0.4) is 0 Å². The van der Waals surface area contributed by atoms with Crippen molar-refractivity contribution < 1.29 is 57.4 Å². The third-order valence-corrected chi connectivity index (χ3v) is 6.28. The van der Waals surface area contributed by atoms with Crippen molar-refractivity contribution in [3.05, 3.63) is 53.6 Å². The van der Waals surface area contributed by atoms with Gasteiger partial charge in [0.05, 0.1) is 31.2 Å². The monoisotopic (exact) mass is 615 g/mol. The highest BCUT2D eigenvalue weighted by molar-refractivity contribution is 6.10. The second kappa shape index (κ2) is 13.1. The Labute approximate surface area is 238 Å². The van der Waals surface area contributed by atoms with Crippen LogP contribution in [0.5, 0.6) is 5.75 Å². The normalized spacial score (nSPS) is 18.7. The maximum Gasteiger partial charge on any atom is 0.335 e. The number of hydrogen-bond donors (Lipinski definition) is 7. The van der Waals surface area contributed by atoms with Gasteiger partial charge in [-0.15, -0.1) is 0 Å². The van der Waals surface area contributed by atoms with Gasteiger partial charge in [-0.3, -0.25) is 4.99 Å². The lowest BCUT2D eigenvalue weighted by atomic mass is 9.81. The first-order chi connectivity index (χ1) is 20.1. The van der Waals surface area contributed by atoms with Crippen molar-refractivity contribution in [3.8, 4) is 5.75 Å². The molecule has 4 atom stereocenters. The quantitative estimate of drug-likeness (QED) is 0.148. The number of aliphatic hydroxyl groups is 3. The minimum atomic E-state index is -3.18. The average molecular weight is 615 g/mol. The van der Waals surface area contributed by atoms with E-state index in [2.05, 4.69) is 19.9 Å². The Morgan fingerprint density at radius 1 is 1.07 bits per heavy atom. The Bertz CT molecular complexity index is 1570. The van der Waals surface area contributed by atoms with Crippen LogP contribution in [0.1, 0.15) is 5.56 Å². The Balaban J connectivity index is 0.000000436. The minimum Gasteiger partial charge on any atom is -0.494 e. The Morgan fingerprint density at radius 3 is 2.26 bits per heavy atom. The fourth-order valence-electron chi connectivity index (χ4n) is 3.88. The topological polar surface area (TPSA) is 253 Å². The third kappa shape index (κ3) is 6.85. The van der Waals surface area contributed by atoms with Crippen LogP contribution in [0.2, 0.25) is 0 Å². The molecule has 15 nitrogen and oxygen atoms in total. The van der Waals surface area contributed by atoms with Gasteiger partial charge in [0.15, 0.2) is 35.2 Å². The highest BCUT2D eigenvalue weighted by Gasteiger charge is 2.44. The number of fused-ring (bicyclic) bond motifs is 1. The molecule has 9 N–H and O–H groups in total. The molecule has 3 heterocycles. The summed E-state index contributed by atoms with van der Waals surface area (Å²) >= 11 is 0. The number of dihydropyridines is 1. The first-order valence-corrected chi connectivity index (χ1v) is 11.9. The highest BCUT2D eigenvalue weighted by atomic mass is 19.3. The molecule has 0 aliphatic carbocycles. The standard InChI is InChI=1S/C20H19F4N7O2.C4H6O6/c1-33-14-4-11(21)10(3-12(14)22)13-2-9(20(26,6-27-13)16(32)17(23)24)5-31-8-30-15-18(25)28-7-29-19(15)31;5-1(3(7)8)2(6)4(9)10/h2-4,7-8,16-17,32H,5-6,26H2,1H3,(H2,25,28,29);1-2,5-6H,(H,7,8)(H,9,10)/t16-,20?;1-,2-/m00/s1. The fourth-order valence-corrected chi connectivity index (χ4v) is 3.88. The van der Waals surface area contributed by atoms with Crippen molar-refractivity contribution in [2.75, 3.05) is 19.4 Å². The molecule has 1 aliphatic rings.